The lowest BCUT2D eigenvalue weighted by molar-refractivity contribution is 1.01. The van der Waals surface area contributed by atoms with Crippen LogP contribution in [0.15, 0.2) is 55.4 Å². The summed E-state index contributed by atoms with van der Waals surface area (Å²) < 4.78 is 2.21. The minimum absolute atomic E-state index is 0.0230. The van der Waals surface area contributed by atoms with E-state index in [0.717, 1.165) is 16.9 Å². The van der Waals surface area contributed by atoms with Gasteiger partial charge in [0.25, 0.3) is 0 Å². The van der Waals surface area contributed by atoms with Gasteiger partial charge in [-0.3, -0.25) is 0 Å². The molecule has 2 rings (SSSR count). The SMILES string of the molecule is C=C(C)c1cccc(/C(C)=C/CP(C(C)C)C(C)C)c1-n1cccc1. The molecule has 0 saturated carbocycles. The summed E-state index contributed by atoms with van der Waals surface area (Å²) in [5, 5.41) is 0. The van der Waals surface area contributed by atoms with Crippen LogP contribution < -0.4 is 0 Å². The van der Waals surface area contributed by atoms with Gasteiger partial charge in [0, 0.05) is 23.5 Å². The molecule has 25 heavy (non-hydrogen) atoms. The summed E-state index contributed by atoms with van der Waals surface area (Å²) in [5.74, 6) is 0. The number of hydrogen-bond acceptors (Lipinski definition) is 0. The largest absolute Gasteiger partial charge is 0.323 e. The van der Waals surface area contributed by atoms with Crippen LogP contribution in [0, 0.1) is 0 Å². The van der Waals surface area contributed by atoms with Gasteiger partial charge in [0.15, 0.2) is 0 Å². The molecule has 0 N–H and O–H groups in total. The number of benzene rings is 1. The zero-order chi connectivity index (χ0) is 18.6. The molecule has 1 aromatic heterocycles. The van der Waals surface area contributed by atoms with Crippen LogP contribution in [0.1, 0.15) is 52.7 Å². The molecular weight excluding hydrogens is 321 g/mol. The summed E-state index contributed by atoms with van der Waals surface area (Å²) in [7, 11) is 0.0230. The Labute approximate surface area is 155 Å². The molecule has 0 aliphatic heterocycles. The van der Waals surface area contributed by atoms with Crippen molar-refractivity contribution in [3.05, 3.63) is 66.5 Å². The van der Waals surface area contributed by atoms with Crippen LogP contribution in [-0.2, 0) is 0 Å². The van der Waals surface area contributed by atoms with Crippen molar-refractivity contribution in [2.45, 2.75) is 52.9 Å². The van der Waals surface area contributed by atoms with Gasteiger partial charge in [-0.15, -0.1) is 0 Å². The normalized spacial score (nSPS) is 12.4. The average Bonchev–Trinajstić information content (AvgIpc) is 3.07. The van der Waals surface area contributed by atoms with Gasteiger partial charge in [-0.2, -0.15) is 0 Å². The fourth-order valence-electron chi connectivity index (χ4n) is 3.34. The Morgan fingerprint density at radius 3 is 2.08 bits per heavy atom. The third kappa shape index (κ3) is 4.73. The molecule has 0 saturated heterocycles. The van der Waals surface area contributed by atoms with E-state index in [2.05, 4.69) is 101 Å². The fourth-order valence-corrected chi connectivity index (χ4v) is 5.86. The van der Waals surface area contributed by atoms with E-state index in [1.807, 2.05) is 0 Å². The first-order valence-electron chi connectivity index (χ1n) is 9.18. The van der Waals surface area contributed by atoms with E-state index in [-0.39, 0.29) is 7.92 Å². The maximum atomic E-state index is 4.19. The summed E-state index contributed by atoms with van der Waals surface area (Å²) in [4.78, 5) is 0. The van der Waals surface area contributed by atoms with Crippen molar-refractivity contribution in [3.63, 3.8) is 0 Å². The quantitative estimate of drug-likeness (QED) is 0.463. The van der Waals surface area contributed by atoms with Gasteiger partial charge in [0.2, 0.25) is 0 Å². The molecule has 1 aromatic carbocycles. The molecule has 134 valence electrons. The zero-order valence-electron chi connectivity index (χ0n) is 16.6. The maximum absolute atomic E-state index is 4.19. The van der Waals surface area contributed by atoms with Crippen LogP contribution in [0.5, 0.6) is 0 Å². The van der Waals surface area contributed by atoms with Crippen molar-refractivity contribution in [3.8, 4) is 5.69 Å². The molecule has 0 amide bonds. The van der Waals surface area contributed by atoms with Gasteiger partial charge in [-0.1, -0.05) is 66.5 Å². The molecule has 0 spiro atoms. The van der Waals surface area contributed by atoms with E-state index in [1.165, 1.54) is 28.5 Å². The van der Waals surface area contributed by atoms with Crippen molar-refractivity contribution >= 4 is 19.1 Å². The second kappa shape index (κ2) is 8.68. The molecular formula is C23H32NP. The molecule has 0 fully saturated rings. The van der Waals surface area contributed by atoms with Gasteiger partial charge in [-0.05, 0) is 54.6 Å². The van der Waals surface area contributed by atoms with Crippen molar-refractivity contribution < 1.29 is 0 Å². The van der Waals surface area contributed by atoms with Gasteiger partial charge in [0.05, 0.1) is 5.69 Å². The van der Waals surface area contributed by atoms with Crippen LogP contribution in [0.25, 0.3) is 16.8 Å². The summed E-state index contributed by atoms with van der Waals surface area (Å²) in [6.07, 6.45) is 7.89. The minimum Gasteiger partial charge on any atom is -0.323 e. The molecule has 2 aromatic rings. The Morgan fingerprint density at radius 1 is 1.00 bits per heavy atom. The Balaban J connectivity index is 2.46. The number of rotatable bonds is 7. The Kier molecular flexibility index (Phi) is 6.85. The van der Waals surface area contributed by atoms with Crippen molar-refractivity contribution in [2.24, 2.45) is 0 Å². The van der Waals surface area contributed by atoms with E-state index in [4.69, 9.17) is 0 Å². The van der Waals surface area contributed by atoms with Crippen LogP contribution in [0.3, 0.4) is 0 Å². The maximum Gasteiger partial charge on any atom is 0.0599 e. The lowest BCUT2D eigenvalue weighted by atomic mass is 9.97. The molecule has 0 unspecified atom stereocenters. The topological polar surface area (TPSA) is 4.93 Å². The first-order chi connectivity index (χ1) is 11.8. The van der Waals surface area contributed by atoms with Crippen molar-refractivity contribution in [2.75, 3.05) is 6.16 Å². The zero-order valence-corrected chi connectivity index (χ0v) is 17.5. The Hall–Kier alpha value is -1.59. The predicted octanol–water partition coefficient (Wildman–Crippen LogP) is 7.21. The smallest absolute Gasteiger partial charge is 0.0599 e. The lowest BCUT2D eigenvalue weighted by Crippen LogP contribution is -2.06. The van der Waals surface area contributed by atoms with Crippen LogP contribution in [0.4, 0.5) is 0 Å². The second-order valence-corrected chi connectivity index (χ2v) is 10.8. The molecule has 1 nitrogen and oxygen atoms in total. The van der Waals surface area contributed by atoms with Crippen LogP contribution in [-0.4, -0.2) is 22.0 Å². The number of hydrogen-bond donors (Lipinski definition) is 0. The van der Waals surface area contributed by atoms with E-state index >= 15 is 0 Å². The van der Waals surface area contributed by atoms with E-state index in [9.17, 15) is 0 Å². The molecule has 0 aliphatic carbocycles. The first kappa shape index (κ1) is 19.7. The minimum atomic E-state index is 0.0230. The molecule has 2 heteroatoms. The third-order valence-corrected chi connectivity index (χ3v) is 7.98. The van der Waals surface area contributed by atoms with Gasteiger partial charge in [-0.25, -0.2) is 0 Å². The highest BCUT2D eigenvalue weighted by atomic mass is 31.1. The number of allylic oxidation sites excluding steroid dienone is 3. The highest BCUT2D eigenvalue weighted by Crippen LogP contribution is 2.46. The standard InChI is InChI=1S/C23H32NP/c1-17(2)21-11-10-12-22(23(21)24-14-8-9-15-24)20(7)13-16-25(18(3)4)19(5)6/h8-15,18-19H,1,16H2,2-7H3/b20-13+. The molecule has 0 bridgehead atoms. The number of aromatic nitrogens is 1. The van der Waals surface area contributed by atoms with E-state index < -0.39 is 0 Å². The second-order valence-electron chi connectivity index (χ2n) is 7.34. The average molecular weight is 353 g/mol. The fraction of sp³-hybridized carbons (Fsp3) is 0.391. The monoisotopic (exact) mass is 353 g/mol. The van der Waals surface area contributed by atoms with Crippen molar-refractivity contribution in [1.29, 1.82) is 0 Å². The van der Waals surface area contributed by atoms with Crippen molar-refractivity contribution in [1.82, 2.24) is 4.57 Å². The van der Waals surface area contributed by atoms with E-state index in [1.54, 1.807) is 0 Å². The number of nitrogens with zero attached hydrogens (tertiary/aromatic N) is 1. The molecule has 0 atom stereocenters. The van der Waals surface area contributed by atoms with E-state index in [0.29, 0.717) is 0 Å². The van der Waals surface area contributed by atoms with Gasteiger partial charge < -0.3 is 4.57 Å². The van der Waals surface area contributed by atoms with Crippen LogP contribution in [0.2, 0.25) is 0 Å². The molecule has 1 heterocycles. The highest BCUT2D eigenvalue weighted by Gasteiger charge is 2.16. The highest BCUT2D eigenvalue weighted by molar-refractivity contribution is 7.59. The first-order valence-corrected chi connectivity index (χ1v) is 10.8. The molecule has 0 aliphatic rings. The summed E-state index contributed by atoms with van der Waals surface area (Å²) in [6.45, 7) is 18.0. The lowest BCUT2D eigenvalue weighted by Gasteiger charge is -2.25. The summed E-state index contributed by atoms with van der Waals surface area (Å²) in [5.41, 5.74) is 7.77. The third-order valence-electron chi connectivity index (χ3n) is 4.72. The number of para-hydroxylation sites is 1. The Bertz CT molecular complexity index is 727. The summed E-state index contributed by atoms with van der Waals surface area (Å²) >= 11 is 0. The van der Waals surface area contributed by atoms with Crippen LogP contribution >= 0.6 is 7.92 Å². The Morgan fingerprint density at radius 2 is 1.56 bits per heavy atom. The van der Waals surface area contributed by atoms with Gasteiger partial charge >= 0.3 is 0 Å². The summed E-state index contributed by atoms with van der Waals surface area (Å²) in [6, 6.07) is 10.7. The molecule has 0 radical (unpaired) electrons. The predicted molar refractivity (Wildman–Crippen MR) is 116 cm³/mol. The van der Waals surface area contributed by atoms with Gasteiger partial charge in [0.1, 0.15) is 0 Å².